The molecular weight excluding hydrogens is 601 g/mol. The molecule has 11 aromatic carbocycles. The highest BCUT2D eigenvalue weighted by Gasteiger charge is 2.18. The van der Waals surface area contributed by atoms with Crippen molar-refractivity contribution in [3.05, 3.63) is 182 Å². The second-order valence-corrected chi connectivity index (χ2v) is 13.6. The molecule has 0 spiro atoms. The van der Waals surface area contributed by atoms with E-state index in [9.17, 15) is 0 Å². The van der Waals surface area contributed by atoms with Crippen LogP contribution >= 0.6 is 0 Å². The molecule has 0 radical (unpaired) electrons. The lowest BCUT2D eigenvalue weighted by Crippen LogP contribution is -1.91. The fourth-order valence-electron chi connectivity index (χ4n) is 8.71. The topological polar surface area (TPSA) is 0 Å². The fourth-order valence-corrected chi connectivity index (χ4v) is 8.71. The van der Waals surface area contributed by atoms with Crippen molar-refractivity contribution in [3.63, 3.8) is 0 Å². The second-order valence-electron chi connectivity index (χ2n) is 13.6. The van der Waals surface area contributed by atoms with E-state index in [0.717, 1.165) is 0 Å². The quantitative estimate of drug-likeness (QED) is 0.170. The van der Waals surface area contributed by atoms with Gasteiger partial charge >= 0.3 is 0 Å². The SMILES string of the molecule is c1ccc(-c2ccc3ccc4c(-c5cccc(-c6cc7ccc(-c8ccccc8)c8ccc9cccc6c9c78)c5)ccc5ccc2c3c54)cc1. The van der Waals surface area contributed by atoms with Gasteiger partial charge in [0.1, 0.15) is 0 Å². The molecule has 0 atom stereocenters. The van der Waals surface area contributed by atoms with Gasteiger partial charge in [0.05, 0.1) is 0 Å². The van der Waals surface area contributed by atoms with Crippen molar-refractivity contribution in [3.8, 4) is 44.5 Å². The summed E-state index contributed by atoms with van der Waals surface area (Å²) in [5, 5.41) is 15.7. The first-order valence-electron chi connectivity index (χ1n) is 17.4. The average Bonchev–Trinajstić information content (AvgIpc) is 3.19. The minimum Gasteiger partial charge on any atom is -0.0622 e. The summed E-state index contributed by atoms with van der Waals surface area (Å²) in [7, 11) is 0. The van der Waals surface area contributed by atoms with Crippen LogP contribution in [-0.4, -0.2) is 0 Å². The Morgan fingerprint density at radius 2 is 0.580 bits per heavy atom. The second kappa shape index (κ2) is 10.5. The zero-order chi connectivity index (χ0) is 32.8. The van der Waals surface area contributed by atoms with E-state index in [1.54, 1.807) is 0 Å². The molecule has 0 nitrogen and oxygen atoms in total. The number of hydrogen-bond acceptors (Lipinski definition) is 0. The van der Waals surface area contributed by atoms with Crippen LogP contribution < -0.4 is 0 Å². The van der Waals surface area contributed by atoms with Gasteiger partial charge in [-0.3, -0.25) is 0 Å². The van der Waals surface area contributed by atoms with Crippen LogP contribution in [0, 0.1) is 0 Å². The van der Waals surface area contributed by atoms with Crippen LogP contribution in [0.15, 0.2) is 182 Å². The maximum atomic E-state index is 2.41. The summed E-state index contributed by atoms with van der Waals surface area (Å²) >= 11 is 0. The summed E-state index contributed by atoms with van der Waals surface area (Å²) in [6, 6.07) is 67.5. The van der Waals surface area contributed by atoms with Gasteiger partial charge in [-0.15, -0.1) is 0 Å². The summed E-state index contributed by atoms with van der Waals surface area (Å²) in [6.45, 7) is 0. The lowest BCUT2D eigenvalue weighted by atomic mass is 9.85. The third-order valence-corrected chi connectivity index (χ3v) is 11.0. The smallest absolute Gasteiger partial charge is 0.00201 e. The molecule has 0 saturated carbocycles. The zero-order valence-corrected chi connectivity index (χ0v) is 27.3. The van der Waals surface area contributed by atoms with Gasteiger partial charge in [0.25, 0.3) is 0 Å². The maximum Gasteiger partial charge on any atom is -0.00201 e. The normalized spacial score (nSPS) is 12.0. The molecule has 0 aliphatic carbocycles. The van der Waals surface area contributed by atoms with Gasteiger partial charge in [0.15, 0.2) is 0 Å². The molecule has 11 rings (SSSR count). The predicted octanol–water partition coefficient (Wildman–Crippen LogP) is 14.1. The molecule has 0 heteroatoms. The highest BCUT2D eigenvalue weighted by molar-refractivity contribution is 6.29. The monoisotopic (exact) mass is 630 g/mol. The molecule has 11 aromatic rings. The van der Waals surface area contributed by atoms with Gasteiger partial charge in [-0.1, -0.05) is 170 Å². The first-order valence-corrected chi connectivity index (χ1v) is 17.4. The third-order valence-electron chi connectivity index (χ3n) is 11.0. The summed E-state index contributed by atoms with van der Waals surface area (Å²) in [5.41, 5.74) is 10.1. The summed E-state index contributed by atoms with van der Waals surface area (Å²) in [5.74, 6) is 0. The molecule has 0 heterocycles. The number of hydrogen-bond donors (Lipinski definition) is 0. The standard InChI is InChI=1S/C50H30/c1-3-9-31(10-4-1)39-23-17-34-21-28-45-41(24-18-35-20-27-43(39)48(34)49(35)45)36-14-7-15-37(29-36)46-30-38-22-25-40(32-11-5-2-6-12-32)44-26-19-33-13-8-16-42(46)47(33)50(38)44/h1-30H. The molecule has 0 amide bonds. The lowest BCUT2D eigenvalue weighted by Gasteiger charge is -2.18. The highest BCUT2D eigenvalue weighted by Crippen LogP contribution is 2.45. The van der Waals surface area contributed by atoms with Crippen LogP contribution in [0.2, 0.25) is 0 Å². The van der Waals surface area contributed by atoms with Gasteiger partial charge in [-0.2, -0.15) is 0 Å². The van der Waals surface area contributed by atoms with E-state index in [2.05, 4.69) is 182 Å². The van der Waals surface area contributed by atoms with Crippen molar-refractivity contribution in [2.45, 2.75) is 0 Å². The van der Waals surface area contributed by atoms with E-state index in [-0.39, 0.29) is 0 Å². The van der Waals surface area contributed by atoms with E-state index in [4.69, 9.17) is 0 Å². The minimum atomic E-state index is 1.24. The van der Waals surface area contributed by atoms with Gasteiger partial charge in [-0.25, -0.2) is 0 Å². The van der Waals surface area contributed by atoms with Crippen LogP contribution in [0.1, 0.15) is 0 Å². The molecule has 50 heavy (non-hydrogen) atoms. The first-order chi connectivity index (χ1) is 24.8. The van der Waals surface area contributed by atoms with Gasteiger partial charge in [0, 0.05) is 0 Å². The lowest BCUT2D eigenvalue weighted by molar-refractivity contribution is 1.63. The Kier molecular flexibility index (Phi) is 5.76. The largest absolute Gasteiger partial charge is 0.0622 e. The first kappa shape index (κ1) is 27.5. The molecule has 230 valence electrons. The molecule has 0 N–H and O–H groups in total. The van der Waals surface area contributed by atoms with Gasteiger partial charge in [-0.05, 0) is 121 Å². The molecule has 0 aromatic heterocycles. The summed E-state index contributed by atoms with van der Waals surface area (Å²) in [4.78, 5) is 0. The van der Waals surface area contributed by atoms with Crippen molar-refractivity contribution >= 4 is 64.6 Å². The van der Waals surface area contributed by atoms with Crippen LogP contribution in [0.25, 0.3) is 109 Å². The Bertz CT molecular complexity index is 3060. The van der Waals surface area contributed by atoms with E-state index >= 15 is 0 Å². The maximum absolute atomic E-state index is 2.41. The van der Waals surface area contributed by atoms with Crippen molar-refractivity contribution in [1.29, 1.82) is 0 Å². The molecule has 0 aliphatic rings. The van der Waals surface area contributed by atoms with E-state index in [1.165, 1.54) is 109 Å². The highest BCUT2D eigenvalue weighted by atomic mass is 14.2. The third kappa shape index (κ3) is 3.94. The van der Waals surface area contributed by atoms with Crippen molar-refractivity contribution in [1.82, 2.24) is 0 Å². The predicted molar refractivity (Wildman–Crippen MR) is 216 cm³/mol. The Balaban J connectivity index is 1.12. The Morgan fingerprint density at radius 3 is 1.14 bits per heavy atom. The van der Waals surface area contributed by atoms with Crippen molar-refractivity contribution in [2.24, 2.45) is 0 Å². The molecule has 0 unspecified atom stereocenters. The number of benzene rings is 11. The minimum absolute atomic E-state index is 1.24. The van der Waals surface area contributed by atoms with E-state index in [1.807, 2.05) is 0 Å². The summed E-state index contributed by atoms with van der Waals surface area (Å²) in [6.07, 6.45) is 0. The Morgan fingerprint density at radius 1 is 0.200 bits per heavy atom. The van der Waals surface area contributed by atoms with Crippen LogP contribution in [0.3, 0.4) is 0 Å². The van der Waals surface area contributed by atoms with Crippen LogP contribution in [0.5, 0.6) is 0 Å². The molecule has 0 aliphatic heterocycles. The average molecular weight is 631 g/mol. The van der Waals surface area contributed by atoms with Crippen LogP contribution in [-0.2, 0) is 0 Å². The van der Waals surface area contributed by atoms with E-state index < -0.39 is 0 Å². The molecule has 0 saturated heterocycles. The fraction of sp³-hybridized carbons (Fsp3) is 0. The molecule has 0 fully saturated rings. The van der Waals surface area contributed by atoms with Crippen molar-refractivity contribution < 1.29 is 0 Å². The Hall–Kier alpha value is -6.50. The summed E-state index contributed by atoms with van der Waals surface area (Å²) < 4.78 is 0. The van der Waals surface area contributed by atoms with Gasteiger partial charge < -0.3 is 0 Å². The van der Waals surface area contributed by atoms with Crippen LogP contribution in [0.4, 0.5) is 0 Å². The molecular formula is C50H30. The Labute approximate surface area is 290 Å². The zero-order valence-electron chi connectivity index (χ0n) is 27.3. The van der Waals surface area contributed by atoms with Gasteiger partial charge in [0.2, 0.25) is 0 Å². The number of rotatable bonds is 4. The molecule has 0 bridgehead atoms. The van der Waals surface area contributed by atoms with Crippen molar-refractivity contribution in [2.75, 3.05) is 0 Å². The van der Waals surface area contributed by atoms with E-state index in [0.29, 0.717) is 0 Å².